The Labute approximate surface area is 165 Å². The Morgan fingerprint density at radius 1 is 1.15 bits per heavy atom. The van der Waals surface area contributed by atoms with Crippen LogP contribution in [0.2, 0.25) is 0 Å². The summed E-state index contributed by atoms with van der Waals surface area (Å²) in [5, 5.41) is 0. The molecule has 0 aliphatic heterocycles. The highest BCUT2D eigenvalue weighted by atomic mass is 16.5. The summed E-state index contributed by atoms with van der Waals surface area (Å²) in [5.41, 5.74) is 0.338. The van der Waals surface area contributed by atoms with E-state index < -0.39 is 0 Å². The molecule has 0 heterocycles. The second-order valence-electron chi connectivity index (χ2n) is 10.6. The van der Waals surface area contributed by atoms with E-state index in [2.05, 4.69) is 34.6 Å². The minimum absolute atomic E-state index is 0.0374. The topological polar surface area (TPSA) is 52.6 Å². The van der Waals surface area contributed by atoms with Crippen LogP contribution in [-0.2, 0) is 19.1 Å². The van der Waals surface area contributed by atoms with Gasteiger partial charge in [0.05, 0.1) is 33.7 Å². The first-order valence-corrected chi connectivity index (χ1v) is 10.5. The van der Waals surface area contributed by atoms with Crippen LogP contribution in [0, 0.1) is 22.7 Å². The average Bonchev–Trinajstić information content (AvgIpc) is 2.85. The van der Waals surface area contributed by atoms with Crippen molar-refractivity contribution in [3.63, 3.8) is 0 Å². The number of quaternary nitrogens is 1. The second kappa shape index (κ2) is 8.10. The third-order valence-corrected chi connectivity index (χ3v) is 7.42. The van der Waals surface area contributed by atoms with Gasteiger partial charge in [-0.3, -0.25) is 4.79 Å². The fourth-order valence-electron chi connectivity index (χ4n) is 4.80. The van der Waals surface area contributed by atoms with E-state index in [-0.39, 0.29) is 35.4 Å². The molecule has 0 spiro atoms. The zero-order valence-corrected chi connectivity index (χ0v) is 18.5. The summed E-state index contributed by atoms with van der Waals surface area (Å²) in [6, 6.07) is 0. The zero-order valence-electron chi connectivity index (χ0n) is 18.5. The molecule has 0 amide bonds. The monoisotopic (exact) mass is 382 g/mol. The maximum atomic E-state index is 12.5. The zero-order chi connectivity index (χ0) is 20.5. The number of carbonyl (C=O) groups is 2. The van der Waals surface area contributed by atoms with Gasteiger partial charge >= 0.3 is 11.9 Å². The molecular formula is C22H40NO4+. The van der Waals surface area contributed by atoms with Gasteiger partial charge in [0, 0.05) is 5.41 Å². The lowest BCUT2D eigenvalue weighted by Crippen LogP contribution is -2.46. The van der Waals surface area contributed by atoms with Gasteiger partial charge < -0.3 is 14.0 Å². The van der Waals surface area contributed by atoms with Crippen molar-refractivity contribution in [3.8, 4) is 0 Å². The largest absolute Gasteiger partial charge is 0.462 e. The first-order chi connectivity index (χ1) is 12.4. The minimum Gasteiger partial charge on any atom is -0.462 e. The fourth-order valence-corrected chi connectivity index (χ4v) is 4.80. The number of esters is 2. The third kappa shape index (κ3) is 5.04. The predicted molar refractivity (Wildman–Crippen MR) is 106 cm³/mol. The molecule has 0 saturated heterocycles. The van der Waals surface area contributed by atoms with Crippen LogP contribution in [-0.4, -0.2) is 56.3 Å². The van der Waals surface area contributed by atoms with Gasteiger partial charge in [-0.1, -0.05) is 34.6 Å². The maximum absolute atomic E-state index is 12.5. The number of hydrogen-bond donors (Lipinski definition) is 0. The molecule has 2 bridgehead atoms. The van der Waals surface area contributed by atoms with Crippen LogP contribution in [0.25, 0.3) is 0 Å². The molecule has 3 unspecified atom stereocenters. The molecule has 5 nitrogen and oxygen atoms in total. The molecule has 0 N–H and O–H groups in total. The number of fused-ring (bicyclic) bond motifs is 2. The van der Waals surface area contributed by atoms with Gasteiger partial charge in [-0.15, -0.1) is 0 Å². The van der Waals surface area contributed by atoms with Crippen molar-refractivity contribution in [2.45, 2.75) is 72.8 Å². The van der Waals surface area contributed by atoms with Crippen molar-refractivity contribution in [2.75, 3.05) is 33.8 Å². The van der Waals surface area contributed by atoms with Crippen LogP contribution >= 0.6 is 0 Å². The molecule has 0 aromatic rings. The van der Waals surface area contributed by atoms with Crippen LogP contribution in [0.4, 0.5) is 0 Å². The molecule has 2 aliphatic carbocycles. The van der Waals surface area contributed by atoms with Crippen molar-refractivity contribution in [1.82, 2.24) is 0 Å². The van der Waals surface area contributed by atoms with E-state index in [1.54, 1.807) is 0 Å². The van der Waals surface area contributed by atoms with Gasteiger partial charge in [0.1, 0.15) is 6.10 Å². The van der Waals surface area contributed by atoms with Crippen molar-refractivity contribution < 1.29 is 23.5 Å². The Morgan fingerprint density at radius 3 is 2.33 bits per heavy atom. The molecule has 0 aromatic heterocycles. The third-order valence-electron chi connectivity index (χ3n) is 7.42. The number of likely N-dealkylation sites (N-methyl/N-ethyl adjacent to an activating group) is 1. The van der Waals surface area contributed by atoms with Crippen LogP contribution in [0.1, 0.15) is 66.7 Å². The lowest BCUT2D eigenvalue weighted by atomic mass is 9.70. The molecule has 2 saturated carbocycles. The van der Waals surface area contributed by atoms with Crippen molar-refractivity contribution in [1.29, 1.82) is 0 Å². The highest BCUT2D eigenvalue weighted by Gasteiger charge is 2.62. The van der Waals surface area contributed by atoms with E-state index in [1.807, 2.05) is 14.1 Å². The van der Waals surface area contributed by atoms with Gasteiger partial charge in [-0.2, -0.15) is 0 Å². The van der Waals surface area contributed by atoms with Crippen LogP contribution in [0.3, 0.4) is 0 Å². The van der Waals surface area contributed by atoms with Gasteiger partial charge in [-0.05, 0) is 42.9 Å². The molecule has 2 aliphatic rings. The summed E-state index contributed by atoms with van der Waals surface area (Å²) in [5.74, 6) is 0.848. The van der Waals surface area contributed by atoms with Gasteiger partial charge in [-0.25, -0.2) is 4.79 Å². The molecule has 156 valence electrons. The second-order valence-corrected chi connectivity index (χ2v) is 10.6. The SMILES string of the molecule is CC(C)CCOC(=O)C[N+](C)(C)CCC(=O)OC1CC2CCC1(C)C2(C)C. The van der Waals surface area contributed by atoms with Crippen molar-refractivity contribution in [2.24, 2.45) is 22.7 Å². The highest BCUT2D eigenvalue weighted by Crippen LogP contribution is 2.66. The lowest BCUT2D eigenvalue weighted by Gasteiger charge is -2.38. The smallest absolute Gasteiger partial charge is 0.361 e. The minimum atomic E-state index is -0.198. The molecule has 2 rings (SSSR count). The fraction of sp³-hybridized carbons (Fsp3) is 0.909. The molecule has 3 atom stereocenters. The van der Waals surface area contributed by atoms with Gasteiger partial charge in [0.2, 0.25) is 0 Å². The first-order valence-electron chi connectivity index (χ1n) is 10.5. The Hall–Kier alpha value is -1.10. The highest BCUT2D eigenvalue weighted by molar-refractivity contribution is 5.71. The number of hydrogen-bond acceptors (Lipinski definition) is 4. The summed E-state index contributed by atoms with van der Waals surface area (Å²) in [6.45, 7) is 12.5. The summed E-state index contributed by atoms with van der Waals surface area (Å²) in [7, 11) is 3.91. The summed E-state index contributed by atoms with van der Waals surface area (Å²) in [6.07, 6.45) is 4.64. The standard InChI is InChI=1S/C22H40NO4/c1-16(2)10-13-26-20(25)15-23(6,7)12-9-19(24)27-18-14-17-8-11-22(18,5)21(17,3)4/h16-18H,8-15H2,1-7H3/q+1. The van der Waals surface area contributed by atoms with E-state index in [0.717, 1.165) is 19.3 Å². The summed E-state index contributed by atoms with van der Waals surface area (Å²) >= 11 is 0. The molecular weight excluding hydrogens is 342 g/mol. The number of carbonyl (C=O) groups excluding carboxylic acids is 2. The van der Waals surface area contributed by atoms with E-state index in [1.165, 1.54) is 6.42 Å². The lowest BCUT2D eigenvalue weighted by molar-refractivity contribution is -0.882. The Balaban J connectivity index is 1.75. The maximum Gasteiger partial charge on any atom is 0.361 e. The Bertz CT molecular complexity index is 555. The number of nitrogens with zero attached hydrogens (tertiary/aromatic N) is 1. The molecule has 2 fully saturated rings. The van der Waals surface area contributed by atoms with Gasteiger partial charge in [0.25, 0.3) is 0 Å². The van der Waals surface area contributed by atoms with E-state index in [9.17, 15) is 9.59 Å². The Kier molecular flexibility index (Phi) is 6.66. The molecule has 0 radical (unpaired) electrons. The van der Waals surface area contributed by atoms with E-state index >= 15 is 0 Å². The predicted octanol–water partition coefficient (Wildman–Crippen LogP) is 3.80. The number of rotatable bonds is 9. The molecule has 5 heteroatoms. The van der Waals surface area contributed by atoms with Crippen molar-refractivity contribution in [3.05, 3.63) is 0 Å². The van der Waals surface area contributed by atoms with E-state index in [4.69, 9.17) is 9.47 Å². The first kappa shape index (κ1) is 22.2. The number of ether oxygens (including phenoxy) is 2. The summed E-state index contributed by atoms with van der Waals surface area (Å²) < 4.78 is 11.6. The van der Waals surface area contributed by atoms with Crippen LogP contribution < -0.4 is 0 Å². The molecule has 0 aromatic carbocycles. The normalized spacial score (nSPS) is 29.2. The quantitative estimate of drug-likeness (QED) is 0.450. The van der Waals surface area contributed by atoms with Crippen molar-refractivity contribution >= 4 is 11.9 Å². The Morgan fingerprint density at radius 2 is 1.81 bits per heavy atom. The average molecular weight is 383 g/mol. The van der Waals surface area contributed by atoms with Gasteiger partial charge in [0.15, 0.2) is 6.54 Å². The van der Waals surface area contributed by atoms with Crippen LogP contribution in [0.5, 0.6) is 0 Å². The summed E-state index contributed by atoms with van der Waals surface area (Å²) in [4.78, 5) is 24.5. The van der Waals surface area contributed by atoms with Crippen LogP contribution in [0.15, 0.2) is 0 Å². The van der Waals surface area contributed by atoms with E-state index in [0.29, 0.717) is 35.9 Å². The molecule has 27 heavy (non-hydrogen) atoms.